The molecular formula is C17H32O4. The number of carbonyl (C=O) groups is 2. The zero-order valence-corrected chi connectivity index (χ0v) is 13.7. The van der Waals surface area contributed by atoms with E-state index in [-0.39, 0.29) is 12.8 Å². The lowest BCUT2D eigenvalue weighted by Gasteiger charge is -2.25. The van der Waals surface area contributed by atoms with Crippen LogP contribution in [0.2, 0.25) is 0 Å². The van der Waals surface area contributed by atoms with Crippen LogP contribution in [0, 0.1) is 5.41 Å². The highest BCUT2D eigenvalue weighted by atomic mass is 16.4. The fraction of sp³-hybridized carbons (Fsp3) is 0.882. The van der Waals surface area contributed by atoms with Gasteiger partial charge in [-0.1, -0.05) is 78.1 Å². The fourth-order valence-electron chi connectivity index (χ4n) is 2.70. The molecule has 0 heterocycles. The zero-order valence-electron chi connectivity index (χ0n) is 13.7. The lowest BCUT2D eigenvalue weighted by molar-refractivity contribution is -0.166. The minimum atomic E-state index is -1.57. The topological polar surface area (TPSA) is 74.6 Å². The summed E-state index contributed by atoms with van der Waals surface area (Å²) in [5.41, 5.74) is -1.57. The molecule has 0 rings (SSSR count). The van der Waals surface area contributed by atoms with Crippen LogP contribution in [0.3, 0.4) is 0 Å². The molecule has 0 aliphatic rings. The number of carboxylic acids is 2. The highest BCUT2D eigenvalue weighted by molar-refractivity contribution is 5.98. The molecule has 0 amide bonds. The molecule has 21 heavy (non-hydrogen) atoms. The second kappa shape index (κ2) is 11.6. The summed E-state index contributed by atoms with van der Waals surface area (Å²) in [6.07, 6.45) is 10.4. The van der Waals surface area contributed by atoms with Gasteiger partial charge in [-0.15, -0.1) is 0 Å². The van der Waals surface area contributed by atoms with Crippen LogP contribution in [-0.2, 0) is 9.59 Å². The maximum Gasteiger partial charge on any atom is 0.321 e. The van der Waals surface area contributed by atoms with Gasteiger partial charge in [-0.05, 0) is 12.8 Å². The van der Waals surface area contributed by atoms with Crippen LogP contribution in [0.25, 0.3) is 0 Å². The van der Waals surface area contributed by atoms with Gasteiger partial charge in [0.05, 0.1) is 0 Å². The largest absolute Gasteiger partial charge is 0.480 e. The predicted octanol–water partition coefficient (Wildman–Crippen LogP) is 4.86. The molecule has 0 aromatic carbocycles. The van der Waals surface area contributed by atoms with E-state index in [0.717, 1.165) is 51.4 Å². The van der Waals surface area contributed by atoms with Crippen LogP contribution >= 0.6 is 0 Å². The van der Waals surface area contributed by atoms with Gasteiger partial charge in [0.15, 0.2) is 5.41 Å². The second-order valence-electron chi connectivity index (χ2n) is 6.02. The molecule has 4 heteroatoms. The summed E-state index contributed by atoms with van der Waals surface area (Å²) in [5, 5.41) is 18.8. The Labute approximate surface area is 128 Å². The molecule has 2 N–H and O–H groups in total. The Balaban J connectivity index is 4.40. The van der Waals surface area contributed by atoms with Gasteiger partial charge in [0.2, 0.25) is 0 Å². The average molecular weight is 300 g/mol. The van der Waals surface area contributed by atoms with Gasteiger partial charge in [-0.2, -0.15) is 0 Å². The third-order valence-electron chi connectivity index (χ3n) is 4.23. The first-order valence-electron chi connectivity index (χ1n) is 8.48. The highest BCUT2D eigenvalue weighted by Crippen LogP contribution is 2.33. The fourth-order valence-corrected chi connectivity index (χ4v) is 2.70. The van der Waals surface area contributed by atoms with E-state index in [0.29, 0.717) is 12.8 Å². The summed E-state index contributed by atoms with van der Waals surface area (Å²) in [5.74, 6) is -2.33. The van der Waals surface area contributed by atoms with E-state index in [4.69, 9.17) is 0 Å². The number of carboxylic acid groups (broad SMARTS) is 2. The molecule has 0 radical (unpaired) electrons. The molecule has 4 nitrogen and oxygen atoms in total. The number of hydrogen-bond acceptors (Lipinski definition) is 2. The first-order valence-corrected chi connectivity index (χ1v) is 8.48. The Hall–Kier alpha value is -1.06. The van der Waals surface area contributed by atoms with Crippen molar-refractivity contribution >= 4 is 11.9 Å². The Morgan fingerprint density at radius 2 is 1.00 bits per heavy atom. The maximum absolute atomic E-state index is 11.5. The Bertz CT molecular complexity index is 269. The van der Waals surface area contributed by atoms with Crippen molar-refractivity contribution < 1.29 is 19.8 Å². The van der Waals surface area contributed by atoms with Crippen molar-refractivity contribution in [1.82, 2.24) is 0 Å². The van der Waals surface area contributed by atoms with E-state index < -0.39 is 17.4 Å². The van der Waals surface area contributed by atoms with Crippen molar-refractivity contribution in [1.29, 1.82) is 0 Å². The SMILES string of the molecule is CCCCCCCC(CCCCCCC)(C(=O)O)C(=O)O. The van der Waals surface area contributed by atoms with E-state index in [9.17, 15) is 19.8 Å². The summed E-state index contributed by atoms with van der Waals surface area (Å²) < 4.78 is 0. The summed E-state index contributed by atoms with van der Waals surface area (Å²) in [6, 6.07) is 0. The van der Waals surface area contributed by atoms with Crippen LogP contribution in [0.15, 0.2) is 0 Å². The molecule has 0 aromatic rings. The molecule has 0 aliphatic carbocycles. The summed E-state index contributed by atoms with van der Waals surface area (Å²) in [6.45, 7) is 4.24. The van der Waals surface area contributed by atoms with E-state index >= 15 is 0 Å². The maximum atomic E-state index is 11.5. The molecular weight excluding hydrogens is 268 g/mol. The molecule has 0 saturated heterocycles. The van der Waals surface area contributed by atoms with Crippen LogP contribution < -0.4 is 0 Å². The van der Waals surface area contributed by atoms with E-state index in [2.05, 4.69) is 13.8 Å². The minimum absolute atomic E-state index is 0.259. The van der Waals surface area contributed by atoms with Crippen molar-refractivity contribution in [2.45, 2.75) is 90.9 Å². The zero-order chi connectivity index (χ0) is 16.1. The molecule has 0 spiro atoms. The van der Waals surface area contributed by atoms with Crippen molar-refractivity contribution in [2.75, 3.05) is 0 Å². The van der Waals surface area contributed by atoms with Crippen molar-refractivity contribution in [3.8, 4) is 0 Å². The molecule has 0 atom stereocenters. The quantitative estimate of drug-likeness (QED) is 0.355. The van der Waals surface area contributed by atoms with Gasteiger partial charge in [0, 0.05) is 0 Å². The van der Waals surface area contributed by atoms with E-state index in [1.165, 1.54) is 0 Å². The van der Waals surface area contributed by atoms with Crippen molar-refractivity contribution in [2.24, 2.45) is 5.41 Å². The summed E-state index contributed by atoms with van der Waals surface area (Å²) >= 11 is 0. The molecule has 0 aliphatic heterocycles. The van der Waals surface area contributed by atoms with E-state index in [1.54, 1.807) is 0 Å². The van der Waals surface area contributed by atoms with Gasteiger partial charge in [-0.25, -0.2) is 0 Å². The number of rotatable bonds is 14. The van der Waals surface area contributed by atoms with Gasteiger partial charge >= 0.3 is 11.9 Å². The smallest absolute Gasteiger partial charge is 0.321 e. The monoisotopic (exact) mass is 300 g/mol. The van der Waals surface area contributed by atoms with Crippen LogP contribution in [0.5, 0.6) is 0 Å². The average Bonchev–Trinajstić information content (AvgIpc) is 2.44. The second-order valence-corrected chi connectivity index (χ2v) is 6.02. The van der Waals surface area contributed by atoms with Crippen molar-refractivity contribution in [3.05, 3.63) is 0 Å². The standard InChI is InChI=1S/C17H32O4/c1-3-5-7-9-11-13-17(15(18)19,16(20)21)14-12-10-8-6-4-2/h3-14H2,1-2H3,(H,18,19)(H,20,21). The van der Waals surface area contributed by atoms with Crippen LogP contribution in [-0.4, -0.2) is 22.2 Å². The third kappa shape index (κ3) is 7.49. The molecule has 0 bridgehead atoms. The summed E-state index contributed by atoms with van der Waals surface area (Å²) in [4.78, 5) is 23.0. The molecule has 124 valence electrons. The van der Waals surface area contributed by atoms with Gasteiger partial charge in [0.25, 0.3) is 0 Å². The molecule has 0 unspecified atom stereocenters. The summed E-state index contributed by atoms with van der Waals surface area (Å²) in [7, 11) is 0. The third-order valence-corrected chi connectivity index (χ3v) is 4.23. The number of aliphatic carboxylic acids is 2. The van der Waals surface area contributed by atoms with Crippen LogP contribution in [0.1, 0.15) is 90.9 Å². The van der Waals surface area contributed by atoms with Gasteiger partial charge in [0.1, 0.15) is 0 Å². The number of hydrogen-bond donors (Lipinski definition) is 2. The molecule has 0 fully saturated rings. The minimum Gasteiger partial charge on any atom is -0.480 e. The first-order chi connectivity index (χ1) is 10.0. The Kier molecular flexibility index (Phi) is 11.0. The number of unbranched alkanes of at least 4 members (excludes halogenated alkanes) is 8. The van der Waals surface area contributed by atoms with E-state index in [1.807, 2.05) is 0 Å². The molecule has 0 saturated carbocycles. The highest BCUT2D eigenvalue weighted by Gasteiger charge is 2.45. The first kappa shape index (κ1) is 19.9. The van der Waals surface area contributed by atoms with Crippen LogP contribution in [0.4, 0.5) is 0 Å². The van der Waals surface area contributed by atoms with Gasteiger partial charge in [-0.3, -0.25) is 9.59 Å². The lowest BCUT2D eigenvalue weighted by Crippen LogP contribution is -2.39. The predicted molar refractivity (Wildman–Crippen MR) is 84.5 cm³/mol. The lowest BCUT2D eigenvalue weighted by atomic mass is 9.78. The normalized spacial score (nSPS) is 11.5. The Morgan fingerprint density at radius 1 is 0.667 bits per heavy atom. The van der Waals surface area contributed by atoms with Gasteiger partial charge < -0.3 is 10.2 Å². The Morgan fingerprint density at radius 3 is 1.29 bits per heavy atom. The van der Waals surface area contributed by atoms with Crippen molar-refractivity contribution in [3.63, 3.8) is 0 Å². The molecule has 0 aromatic heterocycles.